The quantitative estimate of drug-likeness (QED) is 0.733. The van der Waals surface area contributed by atoms with Crippen molar-refractivity contribution in [2.75, 3.05) is 18.6 Å². The van der Waals surface area contributed by atoms with Crippen LogP contribution >= 0.6 is 0 Å². The van der Waals surface area contributed by atoms with Gasteiger partial charge in [0.25, 0.3) is 5.91 Å². The first-order valence-corrected chi connectivity index (χ1v) is 11.3. The standard InChI is InChI=1S/C21H23NO5S/c1-13(20(23)22(2)16-10-11-28(25,26)12-16)27-21(24)18-9-8-15-7-6-14-4-3-5-17(18)19(14)15/h3-5,8-9,13,16H,6-7,10-12H2,1-2H3. The molecule has 2 unspecified atom stereocenters. The number of likely N-dealkylation sites (N-methyl/N-ethyl adjacent to an activating group) is 1. The van der Waals surface area contributed by atoms with Gasteiger partial charge in [0.1, 0.15) is 0 Å². The van der Waals surface area contributed by atoms with Crippen molar-refractivity contribution >= 4 is 32.5 Å². The molecule has 0 aromatic heterocycles. The van der Waals surface area contributed by atoms with Crippen LogP contribution in [0.25, 0.3) is 10.8 Å². The summed E-state index contributed by atoms with van der Waals surface area (Å²) in [5.74, 6) is -0.875. The van der Waals surface area contributed by atoms with Gasteiger partial charge in [-0.1, -0.05) is 24.3 Å². The Morgan fingerprint density at radius 3 is 2.54 bits per heavy atom. The number of carbonyl (C=O) groups excluding carboxylic acids is 2. The summed E-state index contributed by atoms with van der Waals surface area (Å²) in [6.07, 6.45) is 1.37. The second-order valence-electron chi connectivity index (χ2n) is 7.67. The molecule has 6 nitrogen and oxygen atoms in total. The zero-order chi connectivity index (χ0) is 20.1. The molecule has 1 aliphatic heterocycles. The van der Waals surface area contributed by atoms with E-state index in [-0.39, 0.29) is 23.5 Å². The number of hydrogen-bond acceptors (Lipinski definition) is 5. The molecular weight excluding hydrogens is 378 g/mol. The molecule has 1 aliphatic carbocycles. The molecular formula is C21H23NO5S. The van der Waals surface area contributed by atoms with Gasteiger partial charge in [-0.15, -0.1) is 0 Å². The highest BCUT2D eigenvalue weighted by Gasteiger charge is 2.35. The third kappa shape index (κ3) is 3.28. The number of benzene rings is 2. The molecule has 0 spiro atoms. The van der Waals surface area contributed by atoms with E-state index in [1.807, 2.05) is 18.2 Å². The average Bonchev–Trinajstić information content (AvgIpc) is 3.25. The van der Waals surface area contributed by atoms with E-state index in [9.17, 15) is 18.0 Å². The highest BCUT2D eigenvalue weighted by atomic mass is 32.2. The van der Waals surface area contributed by atoms with Crippen LogP contribution in [0.3, 0.4) is 0 Å². The van der Waals surface area contributed by atoms with E-state index < -0.39 is 21.9 Å². The summed E-state index contributed by atoms with van der Waals surface area (Å²) in [6.45, 7) is 1.53. The Bertz CT molecular complexity index is 1070. The SMILES string of the molecule is CC(OC(=O)c1ccc2c3c(cccc13)CC2)C(=O)N(C)C1CCS(=O)(=O)C1. The Morgan fingerprint density at radius 1 is 1.14 bits per heavy atom. The van der Waals surface area contributed by atoms with Crippen LogP contribution in [-0.2, 0) is 32.2 Å². The molecule has 2 aromatic carbocycles. The minimum Gasteiger partial charge on any atom is -0.449 e. The van der Waals surface area contributed by atoms with Gasteiger partial charge in [0.2, 0.25) is 0 Å². The predicted molar refractivity (Wildman–Crippen MR) is 106 cm³/mol. The van der Waals surface area contributed by atoms with Gasteiger partial charge in [-0.05, 0) is 54.2 Å². The van der Waals surface area contributed by atoms with Gasteiger partial charge in [-0.3, -0.25) is 4.79 Å². The van der Waals surface area contributed by atoms with Crippen molar-refractivity contribution in [3.8, 4) is 0 Å². The third-order valence-corrected chi connectivity index (χ3v) is 7.58. The minimum absolute atomic E-state index is 0.0369. The fourth-order valence-corrected chi connectivity index (χ4v) is 6.02. The van der Waals surface area contributed by atoms with Crippen LogP contribution in [-0.4, -0.2) is 55.9 Å². The molecule has 28 heavy (non-hydrogen) atoms. The van der Waals surface area contributed by atoms with E-state index in [1.54, 1.807) is 13.1 Å². The maximum atomic E-state index is 12.8. The Kier molecular flexibility index (Phi) is 4.65. The Hall–Kier alpha value is -2.41. The van der Waals surface area contributed by atoms with Gasteiger partial charge in [0, 0.05) is 13.1 Å². The van der Waals surface area contributed by atoms with Crippen molar-refractivity contribution in [2.24, 2.45) is 0 Å². The molecule has 0 radical (unpaired) electrons. The lowest BCUT2D eigenvalue weighted by Crippen LogP contribution is -2.44. The van der Waals surface area contributed by atoms with Crippen LogP contribution < -0.4 is 0 Å². The zero-order valence-electron chi connectivity index (χ0n) is 16.0. The second-order valence-corrected chi connectivity index (χ2v) is 9.89. The molecule has 2 atom stereocenters. The fourth-order valence-electron chi connectivity index (χ4n) is 4.25. The summed E-state index contributed by atoms with van der Waals surface area (Å²) in [6, 6.07) is 9.27. The number of aryl methyl sites for hydroxylation is 2. The monoisotopic (exact) mass is 401 g/mol. The summed E-state index contributed by atoms with van der Waals surface area (Å²) >= 11 is 0. The van der Waals surface area contributed by atoms with Crippen molar-refractivity contribution in [1.82, 2.24) is 4.90 Å². The van der Waals surface area contributed by atoms with Crippen LogP contribution in [0, 0.1) is 0 Å². The molecule has 2 aromatic rings. The predicted octanol–water partition coefficient (Wildman–Crippen LogP) is 2.13. The van der Waals surface area contributed by atoms with Crippen LogP contribution in [0.2, 0.25) is 0 Å². The maximum absolute atomic E-state index is 12.8. The smallest absolute Gasteiger partial charge is 0.339 e. The van der Waals surface area contributed by atoms with Crippen molar-refractivity contribution in [2.45, 2.75) is 38.3 Å². The van der Waals surface area contributed by atoms with Crippen molar-refractivity contribution in [3.05, 3.63) is 47.0 Å². The second kappa shape index (κ2) is 6.88. The highest BCUT2D eigenvalue weighted by molar-refractivity contribution is 7.91. The summed E-state index contributed by atoms with van der Waals surface area (Å²) in [5, 5.41) is 1.97. The van der Waals surface area contributed by atoms with Crippen LogP contribution in [0.15, 0.2) is 30.3 Å². The van der Waals surface area contributed by atoms with Gasteiger partial charge >= 0.3 is 5.97 Å². The van der Waals surface area contributed by atoms with Crippen molar-refractivity contribution in [3.63, 3.8) is 0 Å². The average molecular weight is 401 g/mol. The molecule has 1 amide bonds. The molecule has 0 saturated carbocycles. The number of sulfone groups is 1. The minimum atomic E-state index is -3.09. The zero-order valence-corrected chi connectivity index (χ0v) is 16.8. The Balaban J connectivity index is 1.51. The summed E-state index contributed by atoms with van der Waals surface area (Å²) in [5.41, 5.74) is 2.91. The molecule has 0 N–H and O–H groups in total. The molecule has 1 fully saturated rings. The number of nitrogens with zero attached hydrogens (tertiary/aromatic N) is 1. The summed E-state index contributed by atoms with van der Waals surface area (Å²) in [7, 11) is -1.53. The summed E-state index contributed by atoms with van der Waals surface area (Å²) < 4.78 is 28.8. The number of rotatable bonds is 4. The van der Waals surface area contributed by atoms with E-state index in [0.717, 1.165) is 23.6 Å². The van der Waals surface area contributed by atoms with Gasteiger partial charge in [-0.2, -0.15) is 0 Å². The van der Waals surface area contributed by atoms with Crippen LogP contribution in [0.1, 0.15) is 34.8 Å². The lowest BCUT2D eigenvalue weighted by atomic mass is 10.00. The van der Waals surface area contributed by atoms with Gasteiger partial charge < -0.3 is 9.64 Å². The molecule has 4 rings (SSSR count). The van der Waals surface area contributed by atoms with E-state index in [1.165, 1.54) is 23.0 Å². The molecule has 2 aliphatic rings. The number of carbonyl (C=O) groups is 2. The van der Waals surface area contributed by atoms with Crippen LogP contribution in [0.5, 0.6) is 0 Å². The first-order valence-electron chi connectivity index (χ1n) is 9.48. The number of ether oxygens (including phenoxy) is 1. The third-order valence-electron chi connectivity index (χ3n) is 5.83. The Labute approximate surface area is 164 Å². The lowest BCUT2D eigenvalue weighted by molar-refractivity contribution is -0.140. The Morgan fingerprint density at radius 2 is 1.86 bits per heavy atom. The molecule has 1 saturated heterocycles. The van der Waals surface area contributed by atoms with E-state index >= 15 is 0 Å². The summed E-state index contributed by atoms with van der Waals surface area (Å²) in [4.78, 5) is 26.8. The highest BCUT2D eigenvalue weighted by Crippen LogP contribution is 2.33. The molecule has 148 valence electrons. The number of hydrogen-bond donors (Lipinski definition) is 0. The largest absolute Gasteiger partial charge is 0.449 e. The number of esters is 1. The number of amides is 1. The molecule has 0 bridgehead atoms. The lowest BCUT2D eigenvalue weighted by Gasteiger charge is -2.26. The van der Waals surface area contributed by atoms with Crippen molar-refractivity contribution < 1.29 is 22.7 Å². The van der Waals surface area contributed by atoms with Gasteiger partial charge in [0.05, 0.1) is 17.1 Å². The maximum Gasteiger partial charge on any atom is 0.339 e. The van der Waals surface area contributed by atoms with Gasteiger partial charge in [0.15, 0.2) is 15.9 Å². The fraction of sp³-hybridized carbons (Fsp3) is 0.429. The van der Waals surface area contributed by atoms with E-state index in [0.29, 0.717) is 12.0 Å². The first-order chi connectivity index (χ1) is 13.3. The van der Waals surface area contributed by atoms with E-state index in [2.05, 4.69) is 6.07 Å². The normalized spacial score (nSPS) is 20.9. The molecule has 7 heteroatoms. The topological polar surface area (TPSA) is 80.8 Å². The first kappa shape index (κ1) is 18.9. The van der Waals surface area contributed by atoms with Gasteiger partial charge in [-0.25, -0.2) is 13.2 Å². The molecule has 1 heterocycles. The van der Waals surface area contributed by atoms with E-state index in [4.69, 9.17) is 4.74 Å². The van der Waals surface area contributed by atoms with Crippen LogP contribution in [0.4, 0.5) is 0 Å². The van der Waals surface area contributed by atoms with Crippen molar-refractivity contribution in [1.29, 1.82) is 0 Å².